The molecule has 0 unspecified atom stereocenters. The molecule has 1 fully saturated rings. The molecule has 3 rings (SSSR count). The van der Waals surface area contributed by atoms with Gasteiger partial charge in [0.05, 0.1) is 4.90 Å². The van der Waals surface area contributed by atoms with E-state index in [1.807, 2.05) is 49.4 Å². The lowest BCUT2D eigenvalue weighted by atomic mass is 9.80. The fraction of sp³-hybridized carbons (Fsp3) is 0.294. The highest BCUT2D eigenvalue weighted by molar-refractivity contribution is 7.89. The van der Waals surface area contributed by atoms with Gasteiger partial charge in [-0.2, -0.15) is 0 Å². The van der Waals surface area contributed by atoms with Gasteiger partial charge in [-0.1, -0.05) is 42.5 Å². The minimum atomic E-state index is -3.43. The zero-order chi connectivity index (χ0) is 14.9. The smallest absolute Gasteiger partial charge is 0.207 e. The monoisotopic (exact) mass is 301 g/mol. The summed E-state index contributed by atoms with van der Waals surface area (Å²) < 4.78 is 27.6. The second-order valence-electron chi connectivity index (χ2n) is 5.91. The lowest BCUT2D eigenvalue weighted by Crippen LogP contribution is -2.50. The Balaban J connectivity index is 1.84. The molecule has 0 bridgehead atoms. The minimum Gasteiger partial charge on any atom is -0.207 e. The molecule has 0 heterocycles. The molecule has 2 aromatic carbocycles. The molecule has 1 aliphatic rings. The summed E-state index contributed by atoms with van der Waals surface area (Å²) in [6.45, 7) is 1.96. The van der Waals surface area contributed by atoms with E-state index in [0.29, 0.717) is 4.90 Å². The quantitative estimate of drug-likeness (QED) is 0.938. The van der Waals surface area contributed by atoms with E-state index in [0.717, 1.165) is 30.4 Å². The predicted octanol–water partition coefficient (Wildman–Crippen LogP) is 3.57. The Labute approximate surface area is 126 Å². The van der Waals surface area contributed by atoms with Crippen molar-refractivity contribution in [1.82, 2.24) is 4.72 Å². The zero-order valence-electron chi connectivity index (χ0n) is 12.0. The van der Waals surface area contributed by atoms with Crippen LogP contribution in [0.15, 0.2) is 59.5 Å². The molecule has 110 valence electrons. The summed E-state index contributed by atoms with van der Waals surface area (Å²) in [6.07, 6.45) is 2.91. The molecular weight excluding hydrogens is 282 g/mol. The summed E-state index contributed by atoms with van der Waals surface area (Å²) in [5.74, 6) is 0. The summed E-state index contributed by atoms with van der Waals surface area (Å²) in [6, 6.07) is 17.0. The predicted molar refractivity (Wildman–Crippen MR) is 84.5 cm³/mol. The molecule has 0 saturated heterocycles. The van der Waals surface area contributed by atoms with E-state index in [4.69, 9.17) is 0 Å². The Morgan fingerprint density at radius 1 is 0.905 bits per heavy atom. The maximum absolute atomic E-state index is 12.4. The van der Waals surface area contributed by atoms with Gasteiger partial charge in [0.25, 0.3) is 0 Å². The van der Waals surface area contributed by atoms with Crippen molar-refractivity contribution < 1.29 is 8.42 Å². The van der Waals surface area contributed by atoms with Crippen LogP contribution in [0, 0.1) is 0 Å². The third-order valence-electron chi connectivity index (χ3n) is 4.11. The van der Waals surface area contributed by atoms with Gasteiger partial charge in [0.1, 0.15) is 0 Å². The highest BCUT2D eigenvalue weighted by Crippen LogP contribution is 2.32. The SMILES string of the molecule is CC1(NS(=O)(=O)c2ccc(-c3ccccc3)cc2)CCC1. The molecule has 21 heavy (non-hydrogen) atoms. The van der Waals surface area contributed by atoms with Crippen LogP contribution in [0.3, 0.4) is 0 Å². The van der Waals surface area contributed by atoms with Gasteiger partial charge >= 0.3 is 0 Å². The van der Waals surface area contributed by atoms with Crippen LogP contribution in [0.5, 0.6) is 0 Å². The third kappa shape index (κ3) is 3.01. The van der Waals surface area contributed by atoms with Crippen LogP contribution < -0.4 is 4.72 Å². The van der Waals surface area contributed by atoms with E-state index in [1.54, 1.807) is 12.1 Å². The van der Waals surface area contributed by atoms with Crippen LogP contribution in [0.1, 0.15) is 26.2 Å². The van der Waals surface area contributed by atoms with Gasteiger partial charge in [0, 0.05) is 5.54 Å². The molecule has 1 aliphatic carbocycles. The highest BCUT2D eigenvalue weighted by Gasteiger charge is 2.36. The van der Waals surface area contributed by atoms with Crippen molar-refractivity contribution in [3.8, 4) is 11.1 Å². The molecule has 1 saturated carbocycles. The molecule has 0 aliphatic heterocycles. The number of hydrogen-bond donors (Lipinski definition) is 1. The molecule has 0 atom stereocenters. The fourth-order valence-corrected chi connectivity index (χ4v) is 4.11. The molecular formula is C17H19NO2S. The highest BCUT2D eigenvalue weighted by atomic mass is 32.2. The zero-order valence-corrected chi connectivity index (χ0v) is 12.9. The second-order valence-corrected chi connectivity index (χ2v) is 7.59. The number of benzene rings is 2. The topological polar surface area (TPSA) is 46.2 Å². The first kappa shape index (κ1) is 14.3. The lowest BCUT2D eigenvalue weighted by molar-refractivity contribution is 0.248. The van der Waals surface area contributed by atoms with Crippen molar-refractivity contribution >= 4 is 10.0 Å². The first-order valence-corrected chi connectivity index (χ1v) is 8.66. The van der Waals surface area contributed by atoms with Crippen LogP contribution in [-0.4, -0.2) is 14.0 Å². The summed E-state index contributed by atoms with van der Waals surface area (Å²) in [4.78, 5) is 0.329. The van der Waals surface area contributed by atoms with Gasteiger partial charge in [0.15, 0.2) is 0 Å². The molecule has 0 radical (unpaired) electrons. The van der Waals surface area contributed by atoms with Crippen LogP contribution in [0.2, 0.25) is 0 Å². The van der Waals surface area contributed by atoms with Gasteiger partial charge in [-0.05, 0) is 49.4 Å². The first-order chi connectivity index (χ1) is 9.99. The van der Waals surface area contributed by atoms with Crippen molar-refractivity contribution in [3.63, 3.8) is 0 Å². The third-order valence-corrected chi connectivity index (χ3v) is 5.76. The van der Waals surface area contributed by atoms with E-state index in [9.17, 15) is 8.42 Å². The van der Waals surface area contributed by atoms with E-state index >= 15 is 0 Å². The fourth-order valence-electron chi connectivity index (χ4n) is 2.65. The van der Waals surface area contributed by atoms with E-state index in [1.165, 1.54) is 0 Å². The average molecular weight is 301 g/mol. The number of nitrogens with one attached hydrogen (secondary N) is 1. The van der Waals surface area contributed by atoms with Crippen LogP contribution in [0.4, 0.5) is 0 Å². The average Bonchev–Trinajstić information content (AvgIpc) is 2.46. The van der Waals surface area contributed by atoms with Crippen molar-refractivity contribution in [1.29, 1.82) is 0 Å². The van der Waals surface area contributed by atoms with Crippen molar-refractivity contribution in [2.75, 3.05) is 0 Å². The molecule has 0 amide bonds. The molecule has 0 aromatic heterocycles. The summed E-state index contributed by atoms with van der Waals surface area (Å²) in [7, 11) is -3.43. The largest absolute Gasteiger partial charge is 0.241 e. The van der Waals surface area contributed by atoms with Crippen LogP contribution in [0.25, 0.3) is 11.1 Å². The van der Waals surface area contributed by atoms with Gasteiger partial charge < -0.3 is 0 Å². The Bertz CT molecular complexity index is 717. The van der Waals surface area contributed by atoms with E-state index in [-0.39, 0.29) is 5.54 Å². The summed E-state index contributed by atoms with van der Waals surface area (Å²) in [5, 5.41) is 0. The molecule has 3 nitrogen and oxygen atoms in total. The number of sulfonamides is 1. The molecule has 4 heteroatoms. The molecule has 1 N–H and O–H groups in total. The Morgan fingerprint density at radius 3 is 2.00 bits per heavy atom. The summed E-state index contributed by atoms with van der Waals surface area (Å²) >= 11 is 0. The van der Waals surface area contributed by atoms with Crippen molar-refractivity contribution in [2.24, 2.45) is 0 Å². The van der Waals surface area contributed by atoms with Gasteiger partial charge in [-0.3, -0.25) is 0 Å². The lowest BCUT2D eigenvalue weighted by Gasteiger charge is -2.38. The Kier molecular flexibility index (Phi) is 3.59. The van der Waals surface area contributed by atoms with Crippen LogP contribution >= 0.6 is 0 Å². The van der Waals surface area contributed by atoms with Gasteiger partial charge in [-0.25, -0.2) is 13.1 Å². The normalized spacial score (nSPS) is 17.2. The molecule has 2 aromatic rings. The van der Waals surface area contributed by atoms with Crippen molar-refractivity contribution in [3.05, 3.63) is 54.6 Å². The standard InChI is InChI=1S/C17H19NO2S/c1-17(12-5-13-17)18-21(19,20)16-10-8-15(9-11-16)14-6-3-2-4-7-14/h2-4,6-11,18H,5,12-13H2,1H3. The van der Waals surface area contributed by atoms with Gasteiger partial charge in [-0.15, -0.1) is 0 Å². The summed E-state index contributed by atoms with van der Waals surface area (Å²) in [5.41, 5.74) is 1.83. The number of hydrogen-bond acceptors (Lipinski definition) is 2. The van der Waals surface area contributed by atoms with Crippen molar-refractivity contribution in [2.45, 2.75) is 36.6 Å². The van der Waals surface area contributed by atoms with Crippen LogP contribution in [-0.2, 0) is 10.0 Å². The van der Waals surface area contributed by atoms with Gasteiger partial charge in [0.2, 0.25) is 10.0 Å². The number of rotatable bonds is 4. The maximum Gasteiger partial charge on any atom is 0.241 e. The first-order valence-electron chi connectivity index (χ1n) is 7.18. The van der Waals surface area contributed by atoms with E-state index < -0.39 is 10.0 Å². The van der Waals surface area contributed by atoms with E-state index in [2.05, 4.69) is 4.72 Å². The molecule has 0 spiro atoms. The second kappa shape index (κ2) is 5.28. The Hall–Kier alpha value is -1.65. The maximum atomic E-state index is 12.4. The minimum absolute atomic E-state index is 0.267. The Morgan fingerprint density at radius 2 is 1.48 bits per heavy atom.